The van der Waals surface area contributed by atoms with Gasteiger partial charge < -0.3 is 19.6 Å². The van der Waals surface area contributed by atoms with E-state index in [2.05, 4.69) is 16.0 Å². The molecule has 3 fully saturated rings. The minimum absolute atomic E-state index is 0.0885. The number of alkyl halides is 3. The number of carboxylic acid groups (broad SMARTS) is 1. The average molecular weight is 458 g/mol. The van der Waals surface area contributed by atoms with Crippen LogP contribution in [0.3, 0.4) is 0 Å². The highest BCUT2D eigenvalue weighted by Gasteiger charge is 2.41. The SMILES string of the molecule is O=C(N1CCCC1)N1CCC2(CC1)CN(Cc1ccccn1)CCO2.O=C(O)C(F)(F)F. The number of pyridine rings is 1. The number of halogens is 3. The monoisotopic (exact) mass is 458 g/mol. The molecule has 4 heterocycles. The number of piperidine rings is 1. The van der Waals surface area contributed by atoms with E-state index in [0.29, 0.717) is 0 Å². The van der Waals surface area contributed by atoms with Gasteiger partial charge in [0.05, 0.1) is 17.9 Å². The molecular formula is C21H29F3N4O4. The summed E-state index contributed by atoms with van der Waals surface area (Å²) in [7, 11) is 0. The van der Waals surface area contributed by atoms with Crippen molar-refractivity contribution < 1.29 is 32.6 Å². The Morgan fingerprint density at radius 3 is 2.25 bits per heavy atom. The first kappa shape index (κ1) is 24.2. The largest absolute Gasteiger partial charge is 0.490 e. The summed E-state index contributed by atoms with van der Waals surface area (Å²) in [6.07, 6.45) is 0.939. The Labute approximate surface area is 184 Å². The van der Waals surface area contributed by atoms with Crippen LogP contribution >= 0.6 is 0 Å². The Kier molecular flexibility index (Phi) is 7.94. The van der Waals surface area contributed by atoms with Crippen molar-refractivity contribution in [2.24, 2.45) is 0 Å². The molecule has 0 aliphatic carbocycles. The van der Waals surface area contributed by atoms with Gasteiger partial charge in [-0.1, -0.05) is 6.07 Å². The Morgan fingerprint density at radius 2 is 1.69 bits per heavy atom. The van der Waals surface area contributed by atoms with Gasteiger partial charge in [-0.3, -0.25) is 9.88 Å². The van der Waals surface area contributed by atoms with Crippen LogP contribution in [0.2, 0.25) is 0 Å². The van der Waals surface area contributed by atoms with E-state index < -0.39 is 12.1 Å². The lowest BCUT2D eigenvalue weighted by atomic mass is 9.89. The minimum Gasteiger partial charge on any atom is -0.475 e. The van der Waals surface area contributed by atoms with E-state index in [1.165, 1.54) is 0 Å². The predicted molar refractivity (Wildman–Crippen MR) is 109 cm³/mol. The third kappa shape index (κ3) is 6.55. The molecule has 1 N–H and O–H groups in total. The van der Waals surface area contributed by atoms with Crippen molar-refractivity contribution in [2.75, 3.05) is 45.9 Å². The molecule has 0 aromatic carbocycles. The number of likely N-dealkylation sites (tertiary alicyclic amines) is 2. The zero-order valence-electron chi connectivity index (χ0n) is 17.9. The van der Waals surface area contributed by atoms with Crippen LogP contribution in [0.4, 0.5) is 18.0 Å². The molecule has 4 rings (SSSR count). The molecule has 0 bridgehead atoms. The van der Waals surface area contributed by atoms with Crippen molar-refractivity contribution in [1.82, 2.24) is 19.7 Å². The molecule has 0 radical (unpaired) electrons. The van der Waals surface area contributed by atoms with Crippen LogP contribution in [0.25, 0.3) is 0 Å². The van der Waals surface area contributed by atoms with Gasteiger partial charge in [-0.25, -0.2) is 9.59 Å². The summed E-state index contributed by atoms with van der Waals surface area (Å²) in [6, 6.07) is 6.31. The number of carboxylic acids is 1. The van der Waals surface area contributed by atoms with Crippen LogP contribution in [-0.2, 0) is 16.1 Å². The molecule has 3 aliphatic heterocycles. The van der Waals surface area contributed by atoms with Gasteiger partial charge in [-0.15, -0.1) is 0 Å². The molecule has 8 nitrogen and oxygen atoms in total. The van der Waals surface area contributed by atoms with Crippen molar-refractivity contribution in [1.29, 1.82) is 0 Å². The summed E-state index contributed by atoms with van der Waals surface area (Å²) < 4.78 is 38.0. The zero-order chi connectivity index (χ0) is 23.2. The van der Waals surface area contributed by atoms with E-state index in [0.717, 1.165) is 83.8 Å². The molecule has 11 heteroatoms. The Balaban J connectivity index is 0.000000360. The molecule has 3 saturated heterocycles. The molecule has 0 atom stereocenters. The van der Waals surface area contributed by atoms with Gasteiger partial charge in [0.25, 0.3) is 0 Å². The number of carbonyl (C=O) groups is 2. The summed E-state index contributed by atoms with van der Waals surface area (Å²) >= 11 is 0. The number of aromatic nitrogens is 1. The molecule has 0 saturated carbocycles. The third-order valence-electron chi connectivity index (χ3n) is 6.00. The van der Waals surface area contributed by atoms with E-state index in [-0.39, 0.29) is 11.6 Å². The van der Waals surface area contributed by atoms with Gasteiger partial charge in [-0.2, -0.15) is 13.2 Å². The fraction of sp³-hybridized carbons (Fsp3) is 0.667. The van der Waals surface area contributed by atoms with Gasteiger partial charge in [-0.05, 0) is 37.8 Å². The fourth-order valence-corrected chi connectivity index (χ4v) is 4.30. The maximum atomic E-state index is 12.6. The van der Waals surface area contributed by atoms with Gasteiger partial charge in [0.15, 0.2) is 0 Å². The first-order chi connectivity index (χ1) is 15.2. The van der Waals surface area contributed by atoms with Crippen molar-refractivity contribution >= 4 is 12.0 Å². The standard InChI is InChI=1S/C19H28N4O2.C2HF3O2/c24-18(22-9-3-4-10-22)23-11-6-19(7-12-23)16-21(13-14-25-19)15-17-5-1-2-8-20-17;3-2(4,5)1(6)7/h1-2,5,8H,3-4,6-7,9-16H2;(H,6,7). The van der Waals surface area contributed by atoms with Crippen LogP contribution in [0.1, 0.15) is 31.4 Å². The highest BCUT2D eigenvalue weighted by Crippen LogP contribution is 2.31. The average Bonchev–Trinajstić information content (AvgIpc) is 3.29. The maximum absolute atomic E-state index is 12.6. The maximum Gasteiger partial charge on any atom is 0.490 e. The number of morpholine rings is 1. The number of ether oxygens (including phenoxy) is 1. The molecule has 1 aromatic rings. The quantitative estimate of drug-likeness (QED) is 0.733. The van der Waals surface area contributed by atoms with E-state index in [9.17, 15) is 18.0 Å². The summed E-state index contributed by atoms with van der Waals surface area (Å²) in [6.45, 7) is 7.02. The van der Waals surface area contributed by atoms with E-state index in [1.807, 2.05) is 28.1 Å². The zero-order valence-corrected chi connectivity index (χ0v) is 17.9. The van der Waals surface area contributed by atoms with Gasteiger partial charge in [0.1, 0.15) is 0 Å². The number of nitrogens with zero attached hydrogens (tertiary/aromatic N) is 4. The van der Waals surface area contributed by atoms with E-state index in [4.69, 9.17) is 14.6 Å². The lowest BCUT2D eigenvalue weighted by molar-refractivity contribution is -0.192. The van der Waals surface area contributed by atoms with Crippen molar-refractivity contribution in [3.05, 3.63) is 30.1 Å². The van der Waals surface area contributed by atoms with Crippen molar-refractivity contribution in [2.45, 2.75) is 44.0 Å². The second-order valence-corrected chi connectivity index (χ2v) is 8.33. The van der Waals surface area contributed by atoms with Crippen LogP contribution in [-0.4, -0.2) is 94.4 Å². The minimum atomic E-state index is -5.08. The number of hydrogen-bond acceptors (Lipinski definition) is 5. The van der Waals surface area contributed by atoms with Gasteiger partial charge in [0.2, 0.25) is 0 Å². The first-order valence-corrected chi connectivity index (χ1v) is 10.8. The number of rotatable bonds is 2. The summed E-state index contributed by atoms with van der Waals surface area (Å²) in [5, 5.41) is 7.12. The predicted octanol–water partition coefficient (Wildman–Crippen LogP) is 2.60. The van der Waals surface area contributed by atoms with Crippen molar-refractivity contribution in [3.8, 4) is 0 Å². The Morgan fingerprint density at radius 1 is 1.06 bits per heavy atom. The van der Waals surface area contributed by atoms with Crippen LogP contribution in [0.15, 0.2) is 24.4 Å². The highest BCUT2D eigenvalue weighted by atomic mass is 19.4. The summed E-state index contributed by atoms with van der Waals surface area (Å²) in [5.74, 6) is -2.76. The molecule has 3 aliphatic rings. The summed E-state index contributed by atoms with van der Waals surface area (Å²) in [5.41, 5.74) is 1.02. The number of hydrogen-bond donors (Lipinski definition) is 1. The first-order valence-electron chi connectivity index (χ1n) is 10.8. The van der Waals surface area contributed by atoms with Crippen LogP contribution < -0.4 is 0 Å². The van der Waals surface area contributed by atoms with Gasteiger partial charge >= 0.3 is 18.2 Å². The molecular weight excluding hydrogens is 429 g/mol. The van der Waals surface area contributed by atoms with Crippen LogP contribution in [0.5, 0.6) is 0 Å². The van der Waals surface area contributed by atoms with Crippen LogP contribution in [0, 0.1) is 0 Å². The normalized spacial score (nSPS) is 21.2. The molecule has 178 valence electrons. The smallest absolute Gasteiger partial charge is 0.475 e. The number of aliphatic carboxylic acids is 1. The molecule has 1 aromatic heterocycles. The fourth-order valence-electron chi connectivity index (χ4n) is 4.30. The number of amides is 2. The van der Waals surface area contributed by atoms with Crippen molar-refractivity contribution in [3.63, 3.8) is 0 Å². The highest BCUT2D eigenvalue weighted by molar-refractivity contribution is 5.75. The van der Waals surface area contributed by atoms with E-state index in [1.54, 1.807) is 0 Å². The Bertz CT molecular complexity index is 764. The molecule has 1 spiro atoms. The third-order valence-corrected chi connectivity index (χ3v) is 6.00. The van der Waals surface area contributed by atoms with E-state index >= 15 is 0 Å². The second kappa shape index (κ2) is 10.5. The summed E-state index contributed by atoms with van der Waals surface area (Å²) in [4.78, 5) is 32.4. The molecule has 32 heavy (non-hydrogen) atoms. The lowest BCUT2D eigenvalue weighted by Crippen LogP contribution is -2.58. The number of carbonyl (C=O) groups excluding carboxylic acids is 1. The molecule has 2 amide bonds. The second-order valence-electron chi connectivity index (χ2n) is 8.33. The van der Waals surface area contributed by atoms with Gasteiger partial charge in [0, 0.05) is 52.0 Å². The number of urea groups is 1. The molecule has 0 unspecified atom stereocenters. The lowest BCUT2D eigenvalue weighted by Gasteiger charge is -2.47. The Hall–Kier alpha value is -2.40. The topological polar surface area (TPSA) is 86.2 Å².